The van der Waals surface area contributed by atoms with Crippen LogP contribution in [0.3, 0.4) is 0 Å². The lowest BCUT2D eigenvalue weighted by molar-refractivity contribution is 0.227. The second-order valence-corrected chi connectivity index (χ2v) is 4.12. The summed E-state index contributed by atoms with van der Waals surface area (Å²) in [6, 6.07) is 10.1. The molecule has 1 aromatic carbocycles. The van der Waals surface area contributed by atoms with Crippen LogP contribution in [0.4, 0.5) is 0 Å². The summed E-state index contributed by atoms with van der Waals surface area (Å²) < 4.78 is 1.16. The minimum absolute atomic E-state index is 0.441. The normalized spacial score (nSPS) is 13.7. The van der Waals surface area contributed by atoms with E-state index in [9.17, 15) is 5.11 Å². The van der Waals surface area contributed by atoms with Gasteiger partial charge >= 0.3 is 0 Å². The van der Waals surface area contributed by atoms with E-state index in [0.29, 0.717) is 6.42 Å². The quantitative estimate of drug-likeness (QED) is 0.667. The second kappa shape index (κ2) is 5.98. The fourth-order valence-corrected chi connectivity index (χ4v) is 1.65. The lowest BCUT2D eigenvalue weighted by Gasteiger charge is -2.02. The van der Waals surface area contributed by atoms with Gasteiger partial charge in [0.2, 0.25) is 0 Å². The van der Waals surface area contributed by atoms with Gasteiger partial charge in [0.25, 0.3) is 0 Å². The first-order valence-electron chi connectivity index (χ1n) is 4.45. The van der Waals surface area contributed by atoms with Gasteiger partial charge < -0.3 is 5.11 Å². The van der Waals surface area contributed by atoms with Crippen LogP contribution in [0.2, 0.25) is 0 Å². The summed E-state index contributed by atoms with van der Waals surface area (Å²) >= 11 is 2.27. The van der Waals surface area contributed by atoms with E-state index in [2.05, 4.69) is 41.3 Å². The predicted molar refractivity (Wildman–Crippen MR) is 69.3 cm³/mol. The summed E-state index contributed by atoms with van der Waals surface area (Å²) in [6.07, 6.45) is 3.74. The highest BCUT2D eigenvalue weighted by atomic mass is 127. The Hall–Kier alpha value is -0.610. The Morgan fingerprint density at radius 3 is 2.64 bits per heavy atom. The molecule has 1 atom stereocenters. The van der Waals surface area contributed by atoms with Gasteiger partial charge in [-0.1, -0.05) is 42.5 Å². The highest BCUT2D eigenvalue weighted by Crippen LogP contribution is 2.22. The third-order valence-electron chi connectivity index (χ3n) is 1.86. The molecule has 0 unspecified atom stereocenters. The lowest BCUT2D eigenvalue weighted by atomic mass is 10.1. The van der Waals surface area contributed by atoms with Crippen molar-refractivity contribution in [2.24, 2.45) is 0 Å². The summed E-state index contributed by atoms with van der Waals surface area (Å²) in [4.78, 5) is 0. The van der Waals surface area contributed by atoms with Crippen molar-refractivity contribution in [2.45, 2.75) is 12.5 Å². The standard InChI is InChI=1S/C12H13IO/c1-2-11(14)8-9-12(13)10-6-4-3-5-7-10/h2-7,9,11,14H,1,8H2/b12-9-/t11-/m1/s1. The van der Waals surface area contributed by atoms with Crippen molar-refractivity contribution in [3.63, 3.8) is 0 Å². The molecule has 2 heteroatoms. The Morgan fingerprint density at radius 2 is 2.07 bits per heavy atom. The van der Waals surface area contributed by atoms with Gasteiger partial charge in [0.05, 0.1) is 6.10 Å². The number of aliphatic hydroxyl groups excluding tert-OH is 1. The van der Waals surface area contributed by atoms with Gasteiger partial charge in [0.15, 0.2) is 0 Å². The molecule has 0 amide bonds. The predicted octanol–water partition coefficient (Wildman–Crippen LogP) is 3.40. The van der Waals surface area contributed by atoms with Crippen molar-refractivity contribution in [2.75, 3.05) is 0 Å². The van der Waals surface area contributed by atoms with Gasteiger partial charge in [-0.3, -0.25) is 0 Å². The monoisotopic (exact) mass is 300 g/mol. The van der Waals surface area contributed by atoms with Gasteiger partial charge in [-0.25, -0.2) is 0 Å². The number of hydrogen-bond donors (Lipinski definition) is 1. The summed E-state index contributed by atoms with van der Waals surface area (Å²) in [5.41, 5.74) is 1.18. The van der Waals surface area contributed by atoms with E-state index in [1.165, 1.54) is 5.56 Å². The molecule has 0 saturated carbocycles. The maximum atomic E-state index is 9.29. The van der Waals surface area contributed by atoms with Gasteiger partial charge in [0.1, 0.15) is 0 Å². The van der Waals surface area contributed by atoms with E-state index < -0.39 is 6.10 Å². The topological polar surface area (TPSA) is 20.2 Å². The molecule has 0 spiro atoms. The molecular weight excluding hydrogens is 287 g/mol. The Labute approximate surface area is 98.3 Å². The van der Waals surface area contributed by atoms with Crippen LogP contribution in [0.1, 0.15) is 12.0 Å². The van der Waals surface area contributed by atoms with Crippen LogP contribution in [0.15, 0.2) is 49.1 Å². The summed E-state index contributed by atoms with van der Waals surface area (Å²) in [5, 5.41) is 9.29. The van der Waals surface area contributed by atoms with Crippen LogP contribution < -0.4 is 0 Å². The molecule has 1 aromatic rings. The van der Waals surface area contributed by atoms with Crippen molar-refractivity contribution >= 4 is 26.2 Å². The maximum Gasteiger partial charge on any atom is 0.0753 e. The van der Waals surface area contributed by atoms with Crippen molar-refractivity contribution in [1.82, 2.24) is 0 Å². The molecular formula is C12H13IO. The average Bonchev–Trinajstić information content (AvgIpc) is 2.26. The molecule has 0 aliphatic carbocycles. The van der Waals surface area contributed by atoms with E-state index in [1.807, 2.05) is 24.3 Å². The summed E-state index contributed by atoms with van der Waals surface area (Å²) in [7, 11) is 0. The molecule has 0 heterocycles. The smallest absolute Gasteiger partial charge is 0.0753 e. The molecule has 0 aromatic heterocycles. The van der Waals surface area contributed by atoms with E-state index in [0.717, 1.165) is 3.58 Å². The maximum absolute atomic E-state index is 9.29. The van der Waals surface area contributed by atoms with Crippen molar-refractivity contribution in [3.8, 4) is 0 Å². The number of aliphatic hydroxyl groups is 1. The zero-order valence-corrected chi connectivity index (χ0v) is 10.0. The first-order chi connectivity index (χ1) is 6.74. The minimum atomic E-state index is -0.441. The third kappa shape index (κ3) is 3.64. The highest BCUT2D eigenvalue weighted by molar-refractivity contribution is 14.1. The van der Waals surface area contributed by atoms with Gasteiger partial charge in [0, 0.05) is 3.58 Å². The van der Waals surface area contributed by atoms with Crippen molar-refractivity contribution in [3.05, 3.63) is 54.6 Å². The van der Waals surface area contributed by atoms with Crippen LogP contribution in [-0.2, 0) is 0 Å². The van der Waals surface area contributed by atoms with Crippen molar-refractivity contribution < 1.29 is 5.11 Å². The fraction of sp³-hybridized carbons (Fsp3) is 0.167. The highest BCUT2D eigenvalue weighted by Gasteiger charge is 1.98. The van der Waals surface area contributed by atoms with Gasteiger partial charge in [-0.15, -0.1) is 6.58 Å². The Kier molecular flexibility index (Phi) is 4.90. The number of benzene rings is 1. The first kappa shape index (κ1) is 11.5. The summed E-state index contributed by atoms with van der Waals surface area (Å²) in [5.74, 6) is 0. The zero-order chi connectivity index (χ0) is 10.4. The Balaban J connectivity index is 2.66. The first-order valence-corrected chi connectivity index (χ1v) is 5.53. The molecule has 1 N–H and O–H groups in total. The largest absolute Gasteiger partial charge is 0.389 e. The zero-order valence-electron chi connectivity index (χ0n) is 7.86. The molecule has 1 nitrogen and oxygen atoms in total. The number of rotatable bonds is 4. The molecule has 0 bridgehead atoms. The Morgan fingerprint density at radius 1 is 1.43 bits per heavy atom. The lowest BCUT2D eigenvalue weighted by Crippen LogP contribution is -1.98. The third-order valence-corrected chi connectivity index (χ3v) is 2.92. The SMILES string of the molecule is C=C[C@@H](O)C/C=C(\I)c1ccccc1. The number of halogens is 1. The molecule has 0 aliphatic rings. The van der Waals surface area contributed by atoms with Crippen LogP contribution in [0.25, 0.3) is 3.58 Å². The van der Waals surface area contributed by atoms with Crippen LogP contribution in [-0.4, -0.2) is 11.2 Å². The van der Waals surface area contributed by atoms with Gasteiger partial charge in [-0.05, 0) is 34.6 Å². The molecule has 0 aliphatic heterocycles. The molecule has 0 fully saturated rings. The Bertz CT molecular complexity index is 316. The van der Waals surface area contributed by atoms with Crippen LogP contribution >= 0.6 is 22.6 Å². The molecule has 14 heavy (non-hydrogen) atoms. The van der Waals surface area contributed by atoms with E-state index in [1.54, 1.807) is 6.08 Å². The van der Waals surface area contributed by atoms with Crippen LogP contribution in [0, 0.1) is 0 Å². The van der Waals surface area contributed by atoms with E-state index >= 15 is 0 Å². The molecule has 0 radical (unpaired) electrons. The van der Waals surface area contributed by atoms with Gasteiger partial charge in [-0.2, -0.15) is 0 Å². The average molecular weight is 300 g/mol. The molecule has 74 valence electrons. The summed E-state index contributed by atoms with van der Waals surface area (Å²) in [6.45, 7) is 3.53. The fourth-order valence-electron chi connectivity index (χ4n) is 1.04. The second-order valence-electron chi connectivity index (χ2n) is 2.96. The molecule has 0 saturated heterocycles. The molecule has 1 rings (SSSR count). The van der Waals surface area contributed by atoms with E-state index in [-0.39, 0.29) is 0 Å². The number of hydrogen-bond acceptors (Lipinski definition) is 1. The van der Waals surface area contributed by atoms with Crippen molar-refractivity contribution in [1.29, 1.82) is 0 Å². The minimum Gasteiger partial charge on any atom is -0.389 e. The van der Waals surface area contributed by atoms with Crippen LogP contribution in [0.5, 0.6) is 0 Å². The van der Waals surface area contributed by atoms with E-state index in [4.69, 9.17) is 0 Å².